The molecule has 3 N–H and O–H groups in total. The van der Waals surface area contributed by atoms with Crippen molar-refractivity contribution in [3.63, 3.8) is 0 Å². The third-order valence-corrected chi connectivity index (χ3v) is 3.93. The van der Waals surface area contributed by atoms with Crippen LogP contribution in [0.2, 0.25) is 5.02 Å². The quantitative estimate of drug-likeness (QED) is 0.585. The fraction of sp³-hybridized carbons (Fsp3) is 0.571. The number of nitrogens with one attached hydrogen (secondary N) is 1. The predicted molar refractivity (Wildman–Crippen MR) is 84.2 cm³/mol. The summed E-state index contributed by atoms with van der Waals surface area (Å²) in [5.41, 5.74) is 3.93. The van der Waals surface area contributed by atoms with Crippen LogP contribution in [-0.2, 0) is 11.2 Å². The van der Waals surface area contributed by atoms with E-state index in [4.69, 9.17) is 22.2 Å². The van der Waals surface area contributed by atoms with Crippen molar-refractivity contribution in [1.82, 2.24) is 5.43 Å². The van der Waals surface area contributed by atoms with Gasteiger partial charge >= 0.3 is 0 Å². The molecule has 0 aliphatic carbocycles. The molecule has 0 fully saturated rings. The molecule has 108 valence electrons. The van der Waals surface area contributed by atoms with Crippen LogP contribution in [0.1, 0.15) is 26.3 Å². The van der Waals surface area contributed by atoms with Crippen molar-refractivity contribution in [1.29, 1.82) is 0 Å². The van der Waals surface area contributed by atoms with Gasteiger partial charge in [-0.25, -0.2) is 0 Å². The molecule has 0 aromatic heterocycles. The monoisotopic (exact) mass is 348 g/mol. The van der Waals surface area contributed by atoms with Crippen LogP contribution in [0.4, 0.5) is 0 Å². The molecule has 0 radical (unpaired) electrons. The molecular weight excluding hydrogens is 328 g/mol. The van der Waals surface area contributed by atoms with E-state index >= 15 is 0 Å². The van der Waals surface area contributed by atoms with E-state index in [1.165, 1.54) is 0 Å². The van der Waals surface area contributed by atoms with E-state index in [1.54, 1.807) is 0 Å². The summed E-state index contributed by atoms with van der Waals surface area (Å²) in [5, 5.41) is 0.744. The second-order valence-corrected chi connectivity index (χ2v) is 6.20. The molecule has 19 heavy (non-hydrogen) atoms. The minimum absolute atomic E-state index is 0.0404. The van der Waals surface area contributed by atoms with E-state index < -0.39 is 0 Å². The zero-order chi connectivity index (χ0) is 14.4. The Morgan fingerprint density at radius 3 is 2.58 bits per heavy atom. The van der Waals surface area contributed by atoms with Crippen molar-refractivity contribution in [3.8, 4) is 0 Å². The van der Waals surface area contributed by atoms with E-state index in [2.05, 4.69) is 35.2 Å². The highest BCUT2D eigenvalue weighted by Gasteiger charge is 2.25. The lowest BCUT2D eigenvalue weighted by Crippen LogP contribution is -2.49. The van der Waals surface area contributed by atoms with Crippen molar-refractivity contribution in [2.45, 2.75) is 39.3 Å². The standard InChI is InChI=1S/C14H22BrClN2O/c1-4-19-14(9(2)3)13(18-17)7-10-5-6-11(15)8-12(10)16/h5-6,8-9,13-14,18H,4,7,17H2,1-3H3. The Morgan fingerprint density at radius 2 is 2.11 bits per heavy atom. The van der Waals surface area contributed by atoms with E-state index in [-0.39, 0.29) is 12.1 Å². The Balaban J connectivity index is 2.85. The maximum absolute atomic E-state index is 6.25. The van der Waals surface area contributed by atoms with Crippen LogP contribution in [-0.4, -0.2) is 18.8 Å². The Hall–Kier alpha value is -0.130. The first-order valence-electron chi connectivity index (χ1n) is 6.51. The Bertz CT molecular complexity index is 401. The zero-order valence-electron chi connectivity index (χ0n) is 11.6. The third kappa shape index (κ3) is 5.04. The first-order chi connectivity index (χ1) is 8.99. The summed E-state index contributed by atoms with van der Waals surface area (Å²) in [4.78, 5) is 0. The third-order valence-electron chi connectivity index (χ3n) is 3.08. The van der Waals surface area contributed by atoms with E-state index in [0.717, 1.165) is 21.5 Å². The summed E-state index contributed by atoms with van der Waals surface area (Å²) in [5.74, 6) is 6.07. The Labute approximate surface area is 128 Å². The second kappa shape index (κ2) is 8.22. The minimum atomic E-state index is 0.0404. The largest absolute Gasteiger partial charge is 0.377 e. The summed E-state index contributed by atoms with van der Waals surface area (Å²) >= 11 is 9.66. The molecule has 0 heterocycles. The average molecular weight is 350 g/mol. The molecule has 1 aromatic carbocycles. The van der Waals surface area contributed by atoms with Gasteiger partial charge < -0.3 is 4.74 Å². The Morgan fingerprint density at radius 1 is 1.42 bits per heavy atom. The lowest BCUT2D eigenvalue weighted by Gasteiger charge is -2.29. The van der Waals surface area contributed by atoms with E-state index in [9.17, 15) is 0 Å². The molecule has 2 atom stereocenters. The van der Waals surface area contributed by atoms with E-state index in [0.29, 0.717) is 12.5 Å². The molecule has 0 saturated heterocycles. The van der Waals surface area contributed by atoms with Gasteiger partial charge in [0.15, 0.2) is 0 Å². The smallest absolute Gasteiger partial charge is 0.0767 e. The van der Waals surface area contributed by atoms with Gasteiger partial charge in [-0.3, -0.25) is 11.3 Å². The lowest BCUT2D eigenvalue weighted by atomic mass is 9.94. The number of nitrogens with two attached hydrogens (primary N) is 1. The van der Waals surface area contributed by atoms with Crippen molar-refractivity contribution < 1.29 is 4.74 Å². The summed E-state index contributed by atoms with van der Waals surface area (Å²) in [6, 6.07) is 5.94. The molecule has 5 heteroatoms. The van der Waals surface area contributed by atoms with Crippen LogP contribution in [0.25, 0.3) is 0 Å². The molecule has 3 nitrogen and oxygen atoms in total. The maximum atomic E-state index is 6.25. The maximum Gasteiger partial charge on any atom is 0.0767 e. The van der Waals surface area contributed by atoms with Crippen LogP contribution in [0.15, 0.2) is 22.7 Å². The van der Waals surface area contributed by atoms with Crippen LogP contribution in [0, 0.1) is 5.92 Å². The first-order valence-corrected chi connectivity index (χ1v) is 7.68. The number of halogens is 2. The minimum Gasteiger partial charge on any atom is -0.377 e. The van der Waals surface area contributed by atoms with Gasteiger partial charge in [0.25, 0.3) is 0 Å². The molecule has 0 saturated carbocycles. The molecule has 0 aliphatic heterocycles. The van der Waals surface area contributed by atoms with Crippen molar-refractivity contribution in [2.24, 2.45) is 11.8 Å². The number of hydrazine groups is 1. The molecule has 0 amide bonds. The van der Waals surface area contributed by atoms with Gasteiger partial charge in [-0.05, 0) is 37.0 Å². The second-order valence-electron chi connectivity index (χ2n) is 4.88. The van der Waals surface area contributed by atoms with Crippen LogP contribution in [0.3, 0.4) is 0 Å². The number of hydrogen-bond acceptors (Lipinski definition) is 3. The number of ether oxygens (including phenoxy) is 1. The summed E-state index contributed by atoms with van der Waals surface area (Å²) in [7, 11) is 0. The van der Waals surface area contributed by atoms with Gasteiger partial charge in [-0.15, -0.1) is 0 Å². The highest BCUT2D eigenvalue weighted by Crippen LogP contribution is 2.24. The molecule has 0 spiro atoms. The summed E-state index contributed by atoms with van der Waals surface area (Å²) in [6.07, 6.45) is 0.806. The molecular formula is C14H22BrClN2O. The normalized spacial score (nSPS) is 14.7. The van der Waals surface area contributed by atoms with Gasteiger partial charge in [-0.2, -0.15) is 0 Å². The summed E-state index contributed by atoms with van der Waals surface area (Å²) in [6.45, 7) is 6.94. The van der Waals surface area contributed by atoms with Crippen molar-refractivity contribution >= 4 is 27.5 Å². The van der Waals surface area contributed by atoms with Gasteiger partial charge in [0.1, 0.15) is 0 Å². The molecule has 0 bridgehead atoms. The molecule has 1 rings (SSSR count). The van der Waals surface area contributed by atoms with Crippen LogP contribution in [0.5, 0.6) is 0 Å². The predicted octanol–water partition coefficient (Wildman–Crippen LogP) is 3.54. The van der Waals surface area contributed by atoms with Gasteiger partial charge in [0.2, 0.25) is 0 Å². The van der Waals surface area contributed by atoms with Gasteiger partial charge in [0, 0.05) is 16.1 Å². The van der Waals surface area contributed by atoms with Crippen LogP contribution < -0.4 is 11.3 Å². The fourth-order valence-electron chi connectivity index (χ4n) is 2.16. The number of hydrogen-bond donors (Lipinski definition) is 2. The number of rotatable bonds is 7. The highest BCUT2D eigenvalue weighted by atomic mass is 79.9. The highest BCUT2D eigenvalue weighted by molar-refractivity contribution is 9.10. The van der Waals surface area contributed by atoms with Gasteiger partial charge in [0.05, 0.1) is 12.1 Å². The van der Waals surface area contributed by atoms with Crippen LogP contribution >= 0.6 is 27.5 Å². The lowest BCUT2D eigenvalue weighted by molar-refractivity contribution is 0.00356. The molecule has 1 aromatic rings. The Kier molecular flexibility index (Phi) is 7.32. The number of benzene rings is 1. The fourth-order valence-corrected chi connectivity index (χ4v) is 2.91. The average Bonchev–Trinajstić information content (AvgIpc) is 2.35. The zero-order valence-corrected chi connectivity index (χ0v) is 14.0. The van der Waals surface area contributed by atoms with E-state index in [1.807, 2.05) is 25.1 Å². The van der Waals surface area contributed by atoms with Crippen molar-refractivity contribution in [3.05, 3.63) is 33.3 Å². The molecule has 0 aliphatic rings. The SMILES string of the molecule is CCOC(C(C)C)C(Cc1ccc(Br)cc1Cl)NN. The first kappa shape index (κ1) is 16.9. The van der Waals surface area contributed by atoms with Crippen molar-refractivity contribution in [2.75, 3.05) is 6.61 Å². The summed E-state index contributed by atoms with van der Waals surface area (Å²) < 4.78 is 6.77. The topological polar surface area (TPSA) is 47.3 Å². The van der Waals surface area contributed by atoms with Gasteiger partial charge in [-0.1, -0.05) is 47.4 Å². The molecule has 2 unspecified atom stereocenters.